The van der Waals surface area contributed by atoms with Gasteiger partial charge in [0, 0.05) is 11.1 Å². The van der Waals surface area contributed by atoms with Crippen LogP contribution in [0.3, 0.4) is 0 Å². The first kappa shape index (κ1) is 17.5. The summed E-state index contributed by atoms with van der Waals surface area (Å²) in [5.74, 6) is 0.682. The number of tetrazole rings is 1. The largest absolute Gasteiger partial charge is 0.256 e. The van der Waals surface area contributed by atoms with Crippen molar-refractivity contribution in [2.45, 2.75) is 70.1 Å². The van der Waals surface area contributed by atoms with E-state index < -0.39 is 0 Å². The summed E-state index contributed by atoms with van der Waals surface area (Å²) < 4.78 is 0. The van der Waals surface area contributed by atoms with Gasteiger partial charge in [-0.2, -0.15) is 5.21 Å². The Morgan fingerprint density at radius 3 is 2.43 bits per heavy atom. The van der Waals surface area contributed by atoms with Crippen LogP contribution in [-0.4, -0.2) is 25.6 Å². The summed E-state index contributed by atoms with van der Waals surface area (Å²) in [6.45, 7) is 2.38. The van der Waals surface area contributed by atoms with E-state index in [-0.39, 0.29) is 5.41 Å². The van der Waals surface area contributed by atoms with E-state index in [9.17, 15) is 0 Å². The van der Waals surface area contributed by atoms with Gasteiger partial charge in [0.25, 0.3) is 0 Å². The molecule has 5 rings (SSSR count). The first-order chi connectivity index (χ1) is 13.8. The summed E-state index contributed by atoms with van der Waals surface area (Å²) in [5, 5.41) is 15.4. The van der Waals surface area contributed by atoms with Crippen LogP contribution in [0.4, 0.5) is 0 Å². The summed E-state index contributed by atoms with van der Waals surface area (Å²) in [6, 6.07) is 10.7. The summed E-state index contributed by atoms with van der Waals surface area (Å²) in [6.07, 6.45) is 10.8. The van der Waals surface area contributed by atoms with Gasteiger partial charge in [0.15, 0.2) is 0 Å². The van der Waals surface area contributed by atoms with Gasteiger partial charge in [-0.25, -0.2) is 0 Å². The number of H-pyrrole nitrogens is 1. The molecule has 5 nitrogen and oxygen atoms in total. The van der Waals surface area contributed by atoms with Crippen molar-refractivity contribution in [1.29, 1.82) is 0 Å². The minimum absolute atomic E-state index is 0.0842. The quantitative estimate of drug-likeness (QED) is 0.654. The Bertz CT molecular complexity index is 956. The number of pyridine rings is 1. The maximum Gasteiger partial charge on any atom is 0.207 e. The Hall–Kier alpha value is -2.56. The van der Waals surface area contributed by atoms with Crippen LogP contribution >= 0.6 is 0 Å². The molecule has 0 unspecified atom stereocenters. The monoisotopic (exact) mass is 373 g/mol. The van der Waals surface area contributed by atoms with Crippen molar-refractivity contribution in [1.82, 2.24) is 25.6 Å². The van der Waals surface area contributed by atoms with Crippen LogP contribution in [-0.2, 0) is 18.3 Å². The molecule has 1 N–H and O–H groups in total. The van der Waals surface area contributed by atoms with Crippen LogP contribution in [0.15, 0.2) is 30.3 Å². The molecule has 0 spiro atoms. The van der Waals surface area contributed by atoms with Gasteiger partial charge >= 0.3 is 0 Å². The van der Waals surface area contributed by atoms with Crippen LogP contribution in [0, 0.1) is 0 Å². The lowest BCUT2D eigenvalue weighted by molar-refractivity contribution is 0.475. The fraction of sp³-hybridized carbons (Fsp3) is 0.478. The zero-order valence-electron chi connectivity index (χ0n) is 16.5. The third-order valence-electron chi connectivity index (χ3n) is 6.63. The topological polar surface area (TPSA) is 67.3 Å². The second kappa shape index (κ2) is 7.12. The molecule has 0 saturated heterocycles. The van der Waals surface area contributed by atoms with E-state index in [0.29, 0.717) is 5.82 Å². The van der Waals surface area contributed by atoms with Crippen LogP contribution in [0.25, 0.3) is 22.5 Å². The SMILES string of the molecule is CC1(c2nc3c(c(-c4ccccc4)c2-c2nn[nH]n2)CCCCC3)CCCC1. The maximum atomic E-state index is 5.35. The van der Waals surface area contributed by atoms with E-state index in [1.807, 2.05) is 0 Å². The molecule has 0 bridgehead atoms. The first-order valence-electron chi connectivity index (χ1n) is 10.6. The van der Waals surface area contributed by atoms with Crippen molar-refractivity contribution in [3.8, 4) is 22.5 Å². The van der Waals surface area contributed by atoms with Crippen molar-refractivity contribution in [3.63, 3.8) is 0 Å². The molecular weight excluding hydrogens is 346 g/mol. The van der Waals surface area contributed by atoms with E-state index in [1.165, 1.54) is 73.0 Å². The van der Waals surface area contributed by atoms with Gasteiger partial charge in [-0.05, 0) is 60.4 Å². The third-order valence-corrected chi connectivity index (χ3v) is 6.63. The normalized spacial score (nSPS) is 18.6. The summed E-state index contributed by atoms with van der Waals surface area (Å²) in [7, 11) is 0. The molecule has 0 atom stereocenters. The molecule has 2 heterocycles. The second-order valence-corrected chi connectivity index (χ2v) is 8.57. The van der Waals surface area contributed by atoms with Crippen molar-refractivity contribution in [3.05, 3.63) is 47.3 Å². The van der Waals surface area contributed by atoms with E-state index >= 15 is 0 Å². The van der Waals surface area contributed by atoms with Crippen molar-refractivity contribution in [2.24, 2.45) is 0 Å². The molecule has 28 heavy (non-hydrogen) atoms. The number of benzene rings is 1. The van der Waals surface area contributed by atoms with Gasteiger partial charge in [-0.1, -0.05) is 56.5 Å². The van der Waals surface area contributed by atoms with E-state index in [1.54, 1.807) is 0 Å². The van der Waals surface area contributed by atoms with Crippen LogP contribution in [0.5, 0.6) is 0 Å². The Kier molecular flexibility index (Phi) is 4.46. The number of rotatable bonds is 3. The smallest absolute Gasteiger partial charge is 0.207 e. The lowest BCUT2D eigenvalue weighted by atomic mass is 9.78. The van der Waals surface area contributed by atoms with Gasteiger partial charge < -0.3 is 0 Å². The average molecular weight is 374 g/mol. The number of hydrogen-bond acceptors (Lipinski definition) is 4. The highest BCUT2D eigenvalue weighted by atomic mass is 15.5. The van der Waals surface area contributed by atoms with E-state index in [4.69, 9.17) is 4.98 Å². The fourth-order valence-electron chi connectivity index (χ4n) is 5.16. The molecule has 3 aromatic rings. The lowest BCUT2D eigenvalue weighted by Gasteiger charge is -2.29. The highest BCUT2D eigenvalue weighted by molar-refractivity contribution is 5.85. The lowest BCUT2D eigenvalue weighted by Crippen LogP contribution is -2.22. The Balaban J connectivity index is 1.86. The molecule has 144 valence electrons. The highest BCUT2D eigenvalue weighted by Gasteiger charge is 2.38. The Morgan fingerprint density at radius 2 is 1.68 bits per heavy atom. The number of hydrogen-bond donors (Lipinski definition) is 1. The third kappa shape index (κ3) is 2.93. The Labute approximate surface area is 166 Å². The highest BCUT2D eigenvalue weighted by Crippen LogP contribution is 2.47. The van der Waals surface area contributed by atoms with Crippen molar-refractivity contribution < 1.29 is 0 Å². The van der Waals surface area contributed by atoms with Gasteiger partial charge in [-0.15, -0.1) is 10.2 Å². The first-order valence-corrected chi connectivity index (χ1v) is 10.6. The van der Waals surface area contributed by atoms with E-state index in [2.05, 4.69) is 57.9 Å². The number of aromatic amines is 1. The predicted octanol–water partition coefficient (Wildman–Crippen LogP) is 5.03. The molecule has 2 aromatic heterocycles. The molecule has 0 amide bonds. The predicted molar refractivity (Wildman–Crippen MR) is 110 cm³/mol. The molecule has 1 saturated carbocycles. The summed E-state index contributed by atoms with van der Waals surface area (Å²) in [5.41, 5.74) is 7.60. The van der Waals surface area contributed by atoms with E-state index in [0.717, 1.165) is 18.4 Å². The Morgan fingerprint density at radius 1 is 0.893 bits per heavy atom. The number of aromatic nitrogens is 5. The number of aryl methyl sites for hydroxylation is 1. The van der Waals surface area contributed by atoms with Crippen molar-refractivity contribution >= 4 is 0 Å². The number of fused-ring (bicyclic) bond motifs is 1. The van der Waals surface area contributed by atoms with Crippen LogP contribution in [0.1, 0.15) is 68.8 Å². The minimum atomic E-state index is 0.0842. The van der Waals surface area contributed by atoms with Gasteiger partial charge in [0.05, 0.1) is 11.3 Å². The zero-order valence-corrected chi connectivity index (χ0v) is 16.5. The van der Waals surface area contributed by atoms with Crippen LogP contribution < -0.4 is 0 Å². The second-order valence-electron chi connectivity index (χ2n) is 8.57. The standard InChI is InChI=1S/C23H27N5/c1-23(14-8-9-15-23)21-20(22-25-27-28-26-22)19(16-10-4-2-5-11-16)17-12-6-3-7-13-18(17)24-21/h2,4-5,10-11H,3,6-9,12-15H2,1H3,(H,25,26,27,28). The number of nitrogens with zero attached hydrogens (tertiary/aromatic N) is 4. The molecule has 0 radical (unpaired) electrons. The maximum absolute atomic E-state index is 5.35. The molecule has 1 aromatic carbocycles. The molecule has 1 fully saturated rings. The van der Waals surface area contributed by atoms with Crippen molar-refractivity contribution in [2.75, 3.05) is 0 Å². The van der Waals surface area contributed by atoms with Gasteiger partial charge in [0.2, 0.25) is 5.82 Å². The zero-order chi connectivity index (χ0) is 19.0. The average Bonchev–Trinajstić information content (AvgIpc) is 3.35. The molecule has 5 heteroatoms. The van der Waals surface area contributed by atoms with Crippen LogP contribution in [0.2, 0.25) is 0 Å². The minimum Gasteiger partial charge on any atom is -0.256 e. The van der Waals surface area contributed by atoms with Gasteiger partial charge in [0.1, 0.15) is 0 Å². The molecule has 2 aliphatic rings. The number of nitrogens with one attached hydrogen (secondary N) is 1. The summed E-state index contributed by atoms with van der Waals surface area (Å²) >= 11 is 0. The molecule has 2 aliphatic carbocycles. The molecule has 0 aliphatic heterocycles. The summed E-state index contributed by atoms with van der Waals surface area (Å²) in [4.78, 5) is 5.35. The fourth-order valence-corrected chi connectivity index (χ4v) is 5.16. The van der Waals surface area contributed by atoms with Gasteiger partial charge in [-0.3, -0.25) is 4.98 Å². The molecular formula is C23H27N5.